The monoisotopic (exact) mass is 386 g/mol. The molecular weight excluding hydrogens is 348 g/mol. The van der Waals surface area contributed by atoms with Gasteiger partial charge in [0.05, 0.1) is 0 Å². The average Bonchev–Trinajstić information content (AvgIpc) is 2.80. The van der Waals surface area contributed by atoms with Gasteiger partial charge in [-0.2, -0.15) is 0 Å². The van der Waals surface area contributed by atoms with Gasteiger partial charge in [-0.25, -0.2) is 0 Å². The van der Waals surface area contributed by atoms with E-state index in [1.807, 2.05) is 6.07 Å². The summed E-state index contributed by atoms with van der Waals surface area (Å²) in [5, 5.41) is 11.0. The number of rotatable bonds is 6. The number of unbranched alkanes of at least 4 members (excludes halogenated alkanes) is 3. The van der Waals surface area contributed by atoms with Gasteiger partial charge in [-0.3, -0.25) is 4.79 Å². The SMILES string of the molecule is CCCCCCC(C)(C)c1cc(O)c2c(c1)OC(C)(C)[C@@H]1CCCC(=O)C[C@@H]21. The Bertz CT molecular complexity index is 717. The third-order valence-electron chi connectivity index (χ3n) is 7.10. The minimum atomic E-state index is -0.321. The molecule has 0 unspecified atom stereocenters. The van der Waals surface area contributed by atoms with Crippen molar-refractivity contribution in [1.29, 1.82) is 0 Å². The predicted molar refractivity (Wildman–Crippen MR) is 114 cm³/mol. The summed E-state index contributed by atoms with van der Waals surface area (Å²) < 4.78 is 6.47. The normalized spacial score (nSPS) is 24.1. The first-order valence-corrected chi connectivity index (χ1v) is 11.2. The van der Waals surface area contributed by atoms with Crippen LogP contribution in [-0.2, 0) is 10.2 Å². The number of phenols is 1. The number of carbonyl (C=O) groups is 1. The quantitative estimate of drug-likeness (QED) is 0.556. The molecule has 0 amide bonds. The first-order chi connectivity index (χ1) is 13.2. The van der Waals surface area contributed by atoms with E-state index < -0.39 is 0 Å². The molecule has 0 bridgehead atoms. The van der Waals surface area contributed by atoms with Gasteiger partial charge in [-0.05, 0) is 56.2 Å². The Labute approximate surface area is 170 Å². The van der Waals surface area contributed by atoms with Gasteiger partial charge < -0.3 is 9.84 Å². The van der Waals surface area contributed by atoms with Crippen LogP contribution in [0.5, 0.6) is 11.5 Å². The van der Waals surface area contributed by atoms with Crippen LogP contribution in [0.15, 0.2) is 12.1 Å². The molecule has 1 N–H and O–H groups in total. The summed E-state index contributed by atoms with van der Waals surface area (Å²) in [4.78, 5) is 12.3. The van der Waals surface area contributed by atoms with E-state index in [4.69, 9.17) is 4.74 Å². The third kappa shape index (κ3) is 4.23. The molecule has 1 saturated carbocycles. The van der Waals surface area contributed by atoms with Crippen molar-refractivity contribution in [3.05, 3.63) is 23.3 Å². The van der Waals surface area contributed by atoms with E-state index >= 15 is 0 Å². The number of hydrogen-bond acceptors (Lipinski definition) is 3. The number of ether oxygens (including phenoxy) is 1. The van der Waals surface area contributed by atoms with Crippen LogP contribution in [0, 0.1) is 5.92 Å². The summed E-state index contributed by atoms with van der Waals surface area (Å²) in [6.45, 7) is 11.0. The fourth-order valence-electron chi connectivity index (χ4n) is 5.30. The van der Waals surface area contributed by atoms with Crippen molar-refractivity contribution < 1.29 is 14.6 Å². The van der Waals surface area contributed by atoms with Crippen LogP contribution >= 0.6 is 0 Å². The Balaban J connectivity index is 1.94. The lowest BCUT2D eigenvalue weighted by Gasteiger charge is -2.45. The number of fused-ring (bicyclic) bond motifs is 3. The van der Waals surface area contributed by atoms with E-state index in [2.05, 4.69) is 40.7 Å². The summed E-state index contributed by atoms with van der Waals surface area (Å²) in [7, 11) is 0. The van der Waals surface area contributed by atoms with E-state index in [9.17, 15) is 9.90 Å². The molecule has 1 aliphatic carbocycles. The van der Waals surface area contributed by atoms with Crippen molar-refractivity contribution in [3.63, 3.8) is 0 Å². The topological polar surface area (TPSA) is 46.5 Å². The van der Waals surface area contributed by atoms with Crippen molar-refractivity contribution in [2.45, 2.75) is 109 Å². The van der Waals surface area contributed by atoms with E-state index in [-0.39, 0.29) is 22.9 Å². The standard InChI is InChI=1S/C25H38O3/c1-6-7-8-9-13-24(2,3)17-14-21(27)23-19-16-18(26)11-10-12-20(19)25(4,5)28-22(23)15-17/h14-15,19-20,27H,6-13,16H2,1-5H3/t19-,20-/m1/s1. The molecule has 3 nitrogen and oxygen atoms in total. The second kappa shape index (κ2) is 8.08. The van der Waals surface area contributed by atoms with Gasteiger partial charge in [0.15, 0.2) is 0 Å². The van der Waals surface area contributed by atoms with Gasteiger partial charge in [0.1, 0.15) is 22.9 Å². The zero-order chi connectivity index (χ0) is 20.5. The van der Waals surface area contributed by atoms with Crippen LogP contribution in [0.1, 0.15) is 109 Å². The van der Waals surface area contributed by atoms with Gasteiger partial charge in [-0.1, -0.05) is 46.5 Å². The second-order valence-electron chi connectivity index (χ2n) is 10.2. The number of carbonyl (C=O) groups excluding carboxylic acids is 1. The Morgan fingerprint density at radius 1 is 1.21 bits per heavy atom. The molecule has 0 aromatic heterocycles. The lowest BCUT2D eigenvalue weighted by Crippen LogP contribution is -2.44. The van der Waals surface area contributed by atoms with Crippen LogP contribution in [-0.4, -0.2) is 16.5 Å². The van der Waals surface area contributed by atoms with E-state index in [1.54, 1.807) is 0 Å². The molecule has 3 heteroatoms. The number of benzene rings is 1. The summed E-state index contributed by atoms with van der Waals surface area (Å²) in [6, 6.07) is 4.08. The Kier molecular flexibility index (Phi) is 6.12. The van der Waals surface area contributed by atoms with Gasteiger partial charge in [-0.15, -0.1) is 0 Å². The minimum absolute atomic E-state index is 0.0100. The maximum atomic E-state index is 12.3. The van der Waals surface area contributed by atoms with Crippen molar-refractivity contribution >= 4 is 5.78 Å². The van der Waals surface area contributed by atoms with E-state index in [1.165, 1.54) is 25.7 Å². The number of ketones is 1. The molecular formula is C25H38O3. The predicted octanol–water partition coefficient (Wildman–Crippen LogP) is 6.65. The highest BCUT2D eigenvalue weighted by Crippen LogP contribution is 2.54. The molecule has 0 saturated heterocycles. The van der Waals surface area contributed by atoms with E-state index in [0.717, 1.165) is 36.1 Å². The molecule has 1 heterocycles. The summed E-state index contributed by atoms with van der Waals surface area (Å²) in [6.07, 6.45) is 9.15. The molecule has 156 valence electrons. The zero-order valence-corrected chi connectivity index (χ0v) is 18.4. The highest BCUT2D eigenvalue weighted by Gasteiger charge is 2.46. The number of hydrogen-bond donors (Lipinski definition) is 1. The molecule has 1 fully saturated rings. The third-order valence-corrected chi connectivity index (χ3v) is 7.10. The lowest BCUT2D eigenvalue weighted by molar-refractivity contribution is -0.119. The first kappa shape index (κ1) is 21.2. The highest BCUT2D eigenvalue weighted by atomic mass is 16.5. The second-order valence-corrected chi connectivity index (χ2v) is 10.2. The molecule has 1 aromatic carbocycles. The molecule has 1 aromatic rings. The van der Waals surface area contributed by atoms with Crippen LogP contribution in [0.2, 0.25) is 0 Å². The molecule has 1 aliphatic heterocycles. The lowest BCUT2D eigenvalue weighted by atomic mass is 9.70. The van der Waals surface area contributed by atoms with Crippen molar-refractivity contribution in [2.24, 2.45) is 5.92 Å². The van der Waals surface area contributed by atoms with Gasteiger partial charge in [0, 0.05) is 30.2 Å². The highest BCUT2D eigenvalue weighted by molar-refractivity contribution is 5.80. The van der Waals surface area contributed by atoms with Crippen molar-refractivity contribution in [2.75, 3.05) is 0 Å². The average molecular weight is 387 g/mol. The Morgan fingerprint density at radius 3 is 2.68 bits per heavy atom. The van der Waals surface area contributed by atoms with Gasteiger partial charge in [0.25, 0.3) is 0 Å². The summed E-state index contributed by atoms with van der Waals surface area (Å²) >= 11 is 0. The molecule has 28 heavy (non-hydrogen) atoms. The maximum Gasteiger partial charge on any atom is 0.133 e. The zero-order valence-electron chi connectivity index (χ0n) is 18.4. The number of aromatic hydroxyl groups is 1. The van der Waals surface area contributed by atoms with Crippen molar-refractivity contribution in [1.82, 2.24) is 0 Å². The van der Waals surface area contributed by atoms with Gasteiger partial charge in [0.2, 0.25) is 0 Å². The van der Waals surface area contributed by atoms with Gasteiger partial charge >= 0.3 is 0 Å². The van der Waals surface area contributed by atoms with Crippen molar-refractivity contribution in [3.8, 4) is 11.5 Å². The first-order valence-electron chi connectivity index (χ1n) is 11.2. The molecule has 2 atom stereocenters. The fourth-order valence-corrected chi connectivity index (χ4v) is 5.30. The Hall–Kier alpha value is -1.51. The molecule has 3 rings (SSSR count). The maximum absolute atomic E-state index is 12.3. The molecule has 0 radical (unpaired) electrons. The van der Waals surface area contributed by atoms with Crippen LogP contribution in [0.25, 0.3) is 0 Å². The summed E-state index contributed by atoms with van der Waals surface area (Å²) in [5.74, 6) is 1.75. The molecule has 0 spiro atoms. The van der Waals surface area contributed by atoms with E-state index in [0.29, 0.717) is 24.4 Å². The number of Topliss-reactive ketones (excluding diaryl/α,β-unsaturated/α-hetero) is 1. The fraction of sp³-hybridized carbons (Fsp3) is 0.720. The van der Waals surface area contributed by atoms with Crippen LogP contribution in [0.4, 0.5) is 0 Å². The van der Waals surface area contributed by atoms with Crippen LogP contribution in [0.3, 0.4) is 0 Å². The minimum Gasteiger partial charge on any atom is -0.508 e. The van der Waals surface area contributed by atoms with Crippen LogP contribution < -0.4 is 4.74 Å². The largest absolute Gasteiger partial charge is 0.508 e. The number of phenolic OH excluding ortho intramolecular Hbond substituents is 1. The Morgan fingerprint density at radius 2 is 1.96 bits per heavy atom. The smallest absolute Gasteiger partial charge is 0.133 e. The summed E-state index contributed by atoms with van der Waals surface area (Å²) in [5.41, 5.74) is 1.67. The molecule has 2 aliphatic rings.